The first-order chi connectivity index (χ1) is 14.0. The van der Waals surface area contributed by atoms with E-state index in [1.807, 2.05) is 24.3 Å². The molecule has 150 valence electrons. The number of benzene rings is 2. The van der Waals surface area contributed by atoms with Crippen LogP contribution in [0.5, 0.6) is 0 Å². The lowest BCUT2D eigenvalue weighted by atomic mass is 10.1. The summed E-state index contributed by atoms with van der Waals surface area (Å²) in [5, 5.41) is 5.65. The van der Waals surface area contributed by atoms with Crippen molar-refractivity contribution in [1.29, 1.82) is 0 Å². The van der Waals surface area contributed by atoms with Crippen molar-refractivity contribution >= 4 is 34.2 Å². The van der Waals surface area contributed by atoms with E-state index >= 15 is 0 Å². The van der Waals surface area contributed by atoms with Crippen LogP contribution in [0.1, 0.15) is 35.8 Å². The second-order valence-corrected chi connectivity index (χ2v) is 6.93. The number of fused-ring (bicyclic) bond motifs is 1. The zero-order valence-electron chi connectivity index (χ0n) is 15.9. The molecule has 1 aromatic heterocycles. The SMILES string of the molecule is CCn1nc(C(=O)NNC(=O)CCCc2ccc(Cl)cc2)c2ccccc2c1=O. The molecular formula is C21H21ClN4O3. The summed E-state index contributed by atoms with van der Waals surface area (Å²) < 4.78 is 1.23. The summed E-state index contributed by atoms with van der Waals surface area (Å²) in [7, 11) is 0. The molecular weight excluding hydrogens is 392 g/mol. The molecule has 0 atom stereocenters. The summed E-state index contributed by atoms with van der Waals surface area (Å²) in [5.41, 5.74) is 5.71. The van der Waals surface area contributed by atoms with E-state index in [1.165, 1.54) is 4.68 Å². The third-order valence-corrected chi connectivity index (χ3v) is 4.73. The van der Waals surface area contributed by atoms with Gasteiger partial charge < -0.3 is 0 Å². The Balaban J connectivity index is 1.60. The molecule has 3 rings (SSSR count). The van der Waals surface area contributed by atoms with E-state index < -0.39 is 5.91 Å². The van der Waals surface area contributed by atoms with Gasteiger partial charge in [-0.1, -0.05) is 41.9 Å². The number of halogens is 1. The van der Waals surface area contributed by atoms with Crippen molar-refractivity contribution in [3.63, 3.8) is 0 Å². The Morgan fingerprint density at radius 1 is 1.03 bits per heavy atom. The highest BCUT2D eigenvalue weighted by Crippen LogP contribution is 2.13. The van der Waals surface area contributed by atoms with Gasteiger partial charge >= 0.3 is 0 Å². The number of carbonyl (C=O) groups is 2. The van der Waals surface area contributed by atoms with Gasteiger partial charge in [0.1, 0.15) is 0 Å². The zero-order chi connectivity index (χ0) is 20.8. The third-order valence-electron chi connectivity index (χ3n) is 4.48. The smallest absolute Gasteiger partial charge is 0.273 e. The summed E-state index contributed by atoms with van der Waals surface area (Å²) in [6, 6.07) is 14.2. The molecule has 0 spiro atoms. The summed E-state index contributed by atoms with van der Waals surface area (Å²) in [6.07, 6.45) is 1.61. The Hall–Kier alpha value is -3.19. The van der Waals surface area contributed by atoms with Crippen LogP contribution in [0.2, 0.25) is 5.02 Å². The lowest BCUT2D eigenvalue weighted by Gasteiger charge is -2.11. The van der Waals surface area contributed by atoms with Gasteiger partial charge in [0.05, 0.1) is 5.39 Å². The number of aryl methyl sites for hydroxylation is 2. The van der Waals surface area contributed by atoms with Gasteiger partial charge in [0.2, 0.25) is 5.91 Å². The molecule has 2 amide bonds. The maximum atomic E-state index is 12.6. The molecule has 3 aromatic rings. The van der Waals surface area contributed by atoms with E-state index in [2.05, 4.69) is 16.0 Å². The standard InChI is InChI=1S/C21H21ClN4O3/c1-2-26-21(29)17-8-4-3-7-16(17)19(25-26)20(28)24-23-18(27)9-5-6-14-10-12-15(22)13-11-14/h3-4,7-8,10-13H,2,5-6,9H2,1H3,(H,23,27)(H,24,28). The number of nitrogens with zero attached hydrogens (tertiary/aromatic N) is 2. The number of carbonyl (C=O) groups excluding carboxylic acids is 2. The van der Waals surface area contributed by atoms with E-state index in [1.54, 1.807) is 31.2 Å². The van der Waals surface area contributed by atoms with Gasteiger partial charge in [0.15, 0.2) is 5.69 Å². The van der Waals surface area contributed by atoms with E-state index in [-0.39, 0.29) is 23.6 Å². The van der Waals surface area contributed by atoms with Gasteiger partial charge in [0, 0.05) is 23.4 Å². The van der Waals surface area contributed by atoms with Crippen molar-refractivity contribution in [1.82, 2.24) is 20.6 Å². The number of rotatable bonds is 6. The van der Waals surface area contributed by atoms with E-state index in [0.717, 1.165) is 12.0 Å². The maximum Gasteiger partial charge on any atom is 0.290 e. The first kappa shape index (κ1) is 20.5. The van der Waals surface area contributed by atoms with E-state index in [4.69, 9.17) is 11.6 Å². The number of nitrogens with one attached hydrogen (secondary N) is 2. The average molecular weight is 413 g/mol. The molecule has 2 aromatic carbocycles. The average Bonchev–Trinajstić information content (AvgIpc) is 2.74. The minimum atomic E-state index is -0.575. The predicted molar refractivity (Wildman–Crippen MR) is 112 cm³/mol. The van der Waals surface area contributed by atoms with Crippen molar-refractivity contribution in [2.45, 2.75) is 32.7 Å². The van der Waals surface area contributed by atoms with E-state index in [9.17, 15) is 14.4 Å². The number of amides is 2. The molecule has 1 heterocycles. The first-order valence-corrected chi connectivity index (χ1v) is 9.71. The van der Waals surface area contributed by atoms with E-state index in [0.29, 0.717) is 28.8 Å². The minimum absolute atomic E-state index is 0.0866. The quantitative estimate of drug-likeness (QED) is 0.609. The lowest BCUT2D eigenvalue weighted by Crippen LogP contribution is -2.42. The fourth-order valence-electron chi connectivity index (χ4n) is 2.97. The normalized spacial score (nSPS) is 10.7. The largest absolute Gasteiger partial charge is 0.290 e. The van der Waals surface area contributed by atoms with Crippen molar-refractivity contribution in [3.8, 4) is 0 Å². The van der Waals surface area contributed by atoms with Gasteiger partial charge in [0.25, 0.3) is 11.5 Å². The Labute approximate surface area is 172 Å². The van der Waals surface area contributed by atoms with Crippen LogP contribution in [-0.2, 0) is 17.8 Å². The summed E-state index contributed by atoms with van der Waals surface area (Å²) in [6.45, 7) is 2.11. The fourth-order valence-corrected chi connectivity index (χ4v) is 3.10. The second kappa shape index (κ2) is 9.34. The molecule has 8 heteroatoms. The van der Waals surface area contributed by atoms with Gasteiger partial charge in [-0.05, 0) is 43.5 Å². The van der Waals surface area contributed by atoms with Crippen LogP contribution in [-0.4, -0.2) is 21.6 Å². The third kappa shape index (κ3) is 5.00. The van der Waals surface area contributed by atoms with Crippen LogP contribution in [0.15, 0.2) is 53.3 Å². The molecule has 0 aliphatic carbocycles. The summed E-state index contributed by atoms with van der Waals surface area (Å²) in [4.78, 5) is 36.9. The first-order valence-electron chi connectivity index (χ1n) is 9.33. The van der Waals surface area contributed by atoms with Gasteiger partial charge in [-0.15, -0.1) is 0 Å². The molecule has 29 heavy (non-hydrogen) atoms. The van der Waals surface area contributed by atoms with Gasteiger partial charge in [-0.2, -0.15) is 5.10 Å². The van der Waals surface area contributed by atoms with Gasteiger partial charge in [-0.25, -0.2) is 4.68 Å². The molecule has 0 aliphatic rings. The molecule has 0 bridgehead atoms. The van der Waals surface area contributed by atoms with Crippen molar-refractivity contribution in [3.05, 3.63) is 75.2 Å². The highest BCUT2D eigenvalue weighted by molar-refractivity contribution is 6.30. The molecule has 0 saturated heterocycles. The van der Waals surface area contributed by atoms with Crippen LogP contribution >= 0.6 is 11.6 Å². The Kier molecular flexibility index (Phi) is 6.61. The topological polar surface area (TPSA) is 93.1 Å². The number of hydrogen-bond acceptors (Lipinski definition) is 4. The van der Waals surface area contributed by atoms with Crippen LogP contribution in [0.3, 0.4) is 0 Å². The Morgan fingerprint density at radius 2 is 1.72 bits per heavy atom. The molecule has 0 aliphatic heterocycles. The van der Waals surface area contributed by atoms with Crippen molar-refractivity contribution in [2.75, 3.05) is 0 Å². The minimum Gasteiger partial charge on any atom is -0.273 e. The molecule has 2 N–H and O–H groups in total. The molecule has 0 saturated carbocycles. The number of aromatic nitrogens is 2. The monoisotopic (exact) mass is 412 g/mol. The van der Waals surface area contributed by atoms with Crippen molar-refractivity contribution < 1.29 is 9.59 Å². The molecule has 7 nitrogen and oxygen atoms in total. The molecule has 0 unspecified atom stereocenters. The van der Waals surface area contributed by atoms with Gasteiger partial charge in [-0.3, -0.25) is 25.2 Å². The Bertz CT molecular complexity index is 1090. The van der Waals surface area contributed by atoms with Crippen LogP contribution in [0, 0.1) is 0 Å². The fraction of sp³-hybridized carbons (Fsp3) is 0.238. The predicted octanol–water partition coefficient (Wildman–Crippen LogP) is 2.85. The summed E-state index contributed by atoms with van der Waals surface area (Å²) in [5.74, 6) is -0.880. The second-order valence-electron chi connectivity index (χ2n) is 6.50. The zero-order valence-corrected chi connectivity index (χ0v) is 16.7. The van der Waals surface area contributed by atoms with Crippen LogP contribution < -0.4 is 16.4 Å². The highest BCUT2D eigenvalue weighted by Gasteiger charge is 2.16. The van der Waals surface area contributed by atoms with Crippen LogP contribution in [0.25, 0.3) is 10.8 Å². The van der Waals surface area contributed by atoms with Crippen LogP contribution in [0.4, 0.5) is 0 Å². The highest BCUT2D eigenvalue weighted by atomic mass is 35.5. The number of hydrazine groups is 1. The maximum absolute atomic E-state index is 12.6. The lowest BCUT2D eigenvalue weighted by molar-refractivity contribution is -0.121. The number of hydrogen-bond donors (Lipinski definition) is 2. The molecule has 0 radical (unpaired) electrons. The molecule has 0 fully saturated rings. The van der Waals surface area contributed by atoms with Crippen molar-refractivity contribution in [2.24, 2.45) is 0 Å². The summed E-state index contributed by atoms with van der Waals surface area (Å²) >= 11 is 5.85. The Morgan fingerprint density at radius 3 is 2.41 bits per heavy atom.